The van der Waals surface area contributed by atoms with Gasteiger partial charge in [0.15, 0.2) is 11.6 Å². The highest BCUT2D eigenvalue weighted by molar-refractivity contribution is 9.08. The Kier molecular flexibility index (Phi) is 4.63. The van der Waals surface area contributed by atoms with Gasteiger partial charge in [-0.25, -0.2) is 8.78 Å². The first-order valence-corrected chi connectivity index (χ1v) is 7.19. The van der Waals surface area contributed by atoms with Gasteiger partial charge in [-0.2, -0.15) is 0 Å². The molecule has 0 spiro atoms. The van der Waals surface area contributed by atoms with Gasteiger partial charge in [-0.15, -0.1) is 10.2 Å². The molecule has 0 aliphatic carbocycles. The van der Waals surface area contributed by atoms with Crippen molar-refractivity contribution in [3.8, 4) is 0 Å². The summed E-state index contributed by atoms with van der Waals surface area (Å²) in [6.45, 7) is 2.81. The quantitative estimate of drug-likeness (QED) is 0.786. The van der Waals surface area contributed by atoms with Crippen LogP contribution < -0.4 is 0 Å². The molecular formula is C13H14BrF2N3. The molecule has 0 saturated carbocycles. The molecule has 19 heavy (non-hydrogen) atoms. The first kappa shape index (κ1) is 14.1. The summed E-state index contributed by atoms with van der Waals surface area (Å²) in [5.41, 5.74) is 0.297. The third kappa shape index (κ3) is 3.00. The molecule has 6 heteroatoms. The van der Waals surface area contributed by atoms with Gasteiger partial charge in [0.25, 0.3) is 0 Å². The third-order valence-corrected chi connectivity index (χ3v) is 3.35. The number of alkyl halides is 1. The lowest BCUT2D eigenvalue weighted by molar-refractivity contribution is 0.498. The highest BCUT2D eigenvalue weighted by atomic mass is 79.9. The predicted octanol–water partition coefficient (Wildman–Crippen LogP) is 3.45. The van der Waals surface area contributed by atoms with Crippen molar-refractivity contribution >= 4 is 15.9 Å². The minimum atomic E-state index is -0.834. The minimum Gasteiger partial charge on any atom is -0.314 e. The van der Waals surface area contributed by atoms with Crippen molar-refractivity contribution in [3.05, 3.63) is 47.0 Å². The summed E-state index contributed by atoms with van der Waals surface area (Å²) >= 11 is 3.35. The number of hydrogen-bond acceptors (Lipinski definition) is 2. The molecule has 0 fully saturated rings. The van der Waals surface area contributed by atoms with Gasteiger partial charge in [0.1, 0.15) is 11.6 Å². The molecule has 2 rings (SSSR count). The molecule has 0 amide bonds. The van der Waals surface area contributed by atoms with Gasteiger partial charge in [0.2, 0.25) is 0 Å². The summed E-state index contributed by atoms with van der Waals surface area (Å²) in [5.74, 6) is -0.192. The number of nitrogens with zero attached hydrogens (tertiary/aromatic N) is 3. The van der Waals surface area contributed by atoms with Gasteiger partial charge in [-0.3, -0.25) is 0 Å². The van der Waals surface area contributed by atoms with E-state index >= 15 is 0 Å². The van der Waals surface area contributed by atoms with Crippen molar-refractivity contribution in [2.24, 2.45) is 0 Å². The maximum absolute atomic E-state index is 13.7. The highest BCUT2D eigenvalue weighted by Gasteiger charge is 2.14. The summed E-state index contributed by atoms with van der Waals surface area (Å²) in [7, 11) is 0. The van der Waals surface area contributed by atoms with E-state index in [-0.39, 0.29) is 6.42 Å². The summed E-state index contributed by atoms with van der Waals surface area (Å²) < 4.78 is 28.8. The lowest BCUT2D eigenvalue weighted by Crippen LogP contribution is -2.08. The molecule has 0 unspecified atom stereocenters. The molecule has 0 bridgehead atoms. The number of aromatic nitrogens is 3. The van der Waals surface area contributed by atoms with E-state index in [0.29, 0.717) is 16.7 Å². The monoisotopic (exact) mass is 329 g/mol. The van der Waals surface area contributed by atoms with Crippen molar-refractivity contribution in [2.75, 3.05) is 0 Å². The van der Waals surface area contributed by atoms with Crippen molar-refractivity contribution in [3.63, 3.8) is 0 Å². The molecule has 0 radical (unpaired) electrons. The summed E-state index contributed by atoms with van der Waals surface area (Å²) in [4.78, 5) is 0. The molecule has 0 saturated heterocycles. The topological polar surface area (TPSA) is 30.7 Å². The first-order chi connectivity index (χ1) is 9.17. The second-order valence-electron chi connectivity index (χ2n) is 4.21. The molecule has 2 aromatic rings. The molecule has 3 nitrogen and oxygen atoms in total. The molecule has 1 heterocycles. The molecule has 0 aliphatic rings. The first-order valence-electron chi connectivity index (χ1n) is 6.07. The van der Waals surface area contributed by atoms with Crippen LogP contribution in [0.2, 0.25) is 0 Å². The van der Waals surface area contributed by atoms with E-state index in [4.69, 9.17) is 0 Å². The van der Waals surface area contributed by atoms with E-state index in [1.54, 1.807) is 6.07 Å². The fourth-order valence-electron chi connectivity index (χ4n) is 1.94. The average molecular weight is 330 g/mol. The zero-order valence-corrected chi connectivity index (χ0v) is 12.1. The SMILES string of the molecule is CCCn1c(CBr)nnc1Cc1cccc(F)c1F. The van der Waals surface area contributed by atoms with E-state index in [9.17, 15) is 8.78 Å². The van der Waals surface area contributed by atoms with E-state index < -0.39 is 11.6 Å². The van der Waals surface area contributed by atoms with E-state index in [0.717, 1.165) is 24.9 Å². The Morgan fingerprint density at radius 3 is 2.63 bits per heavy atom. The molecule has 1 aromatic carbocycles. The van der Waals surface area contributed by atoms with E-state index in [1.165, 1.54) is 6.07 Å². The Morgan fingerprint density at radius 2 is 1.95 bits per heavy atom. The number of hydrogen-bond donors (Lipinski definition) is 0. The molecule has 0 N–H and O–H groups in total. The van der Waals surface area contributed by atoms with Gasteiger partial charge < -0.3 is 4.57 Å². The van der Waals surface area contributed by atoms with Crippen LogP contribution in [0.15, 0.2) is 18.2 Å². The zero-order valence-electron chi connectivity index (χ0n) is 10.5. The molecule has 102 valence electrons. The van der Waals surface area contributed by atoms with E-state index in [1.807, 2.05) is 11.5 Å². The number of halogens is 3. The molecule has 0 atom stereocenters. The average Bonchev–Trinajstić information content (AvgIpc) is 2.78. The smallest absolute Gasteiger partial charge is 0.162 e. The lowest BCUT2D eigenvalue weighted by Gasteiger charge is -2.08. The molecule has 1 aromatic heterocycles. The van der Waals surface area contributed by atoms with Gasteiger partial charge in [0, 0.05) is 13.0 Å². The normalized spacial score (nSPS) is 10.9. The maximum atomic E-state index is 13.7. The maximum Gasteiger partial charge on any atom is 0.162 e. The fourth-order valence-corrected chi connectivity index (χ4v) is 2.35. The van der Waals surface area contributed by atoms with Crippen LogP contribution in [0.3, 0.4) is 0 Å². The highest BCUT2D eigenvalue weighted by Crippen LogP contribution is 2.16. The Bertz CT molecular complexity index is 569. The van der Waals surface area contributed by atoms with Crippen molar-refractivity contribution < 1.29 is 8.78 Å². The van der Waals surface area contributed by atoms with Gasteiger partial charge >= 0.3 is 0 Å². The second-order valence-corrected chi connectivity index (χ2v) is 4.77. The van der Waals surface area contributed by atoms with Crippen molar-refractivity contribution in [1.82, 2.24) is 14.8 Å². The van der Waals surface area contributed by atoms with Crippen LogP contribution in [0.1, 0.15) is 30.6 Å². The number of rotatable bonds is 5. The van der Waals surface area contributed by atoms with Crippen LogP contribution in [-0.2, 0) is 18.3 Å². The van der Waals surface area contributed by atoms with Crippen LogP contribution in [0, 0.1) is 11.6 Å². The lowest BCUT2D eigenvalue weighted by atomic mass is 10.1. The van der Waals surface area contributed by atoms with Crippen molar-refractivity contribution in [1.29, 1.82) is 0 Å². The summed E-state index contributed by atoms with van der Waals surface area (Å²) in [6.07, 6.45) is 1.17. The van der Waals surface area contributed by atoms with Crippen LogP contribution in [-0.4, -0.2) is 14.8 Å². The summed E-state index contributed by atoms with van der Waals surface area (Å²) in [5, 5.41) is 8.71. The fraction of sp³-hybridized carbons (Fsp3) is 0.385. The Balaban J connectivity index is 2.32. The standard InChI is InChI=1S/C13H14BrF2N3/c1-2-6-19-11(17-18-12(19)8-14)7-9-4-3-5-10(15)13(9)16/h3-5H,2,6-8H2,1H3. The van der Waals surface area contributed by atoms with Gasteiger partial charge in [-0.05, 0) is 18.1 Å². The Hall–Kier alpha value is -1.30. The van der Waals surface area contributed by atoms with Crippen LogP contribution in [0.4, 0.5) is 8.78 Å². The summed E-state index contributed by atoms with van der Waals surface area (Å²) in [6, 6.07) is 4.18. The second kappa shape index (κ2) is 6.23. The predicted molar refractivity (Wildman–Crippen MR) is 72.1 cm³/mol. The third-order valence-electron chi connectivity index (χ3n) is 2.85. The molecule has 0 aliphatic heterocycles. The van der Waals surface area contributed by atoms with Crippen LogP contribution >= 0.6 is 15.9 Å². The molecular weight excluding hydrogens is 316 g/mol. The largest absolute Gasteiger partial charge is 0.314 e. The zero-order chi connectivity index (χ0) is 13.8. The van der Waals surface area contributed by atoms with Crippen LogP contribution in [0.25, 0.3) is 0 Å². The van der Waals surface area contributed by atoms with E-state index in [2.05, 4.69) is 26.1 Å². The van der Waals surface area contributed by atoms with Gasteiger partial charge in [0.05, 0.1) is 5.33 Å². The van der Waals surface area contributed by atoms with Gasteiger partial charge in [-0.1, -0.05) is 35.0 Å². The minimum absolute atomic E-state index is 0.240. The Labute approximate surface area is 118 Å². The van der Waals surface area contributed by atoms with Crippen molar-refractivity contribution in [2.45, 2.75) is 31.6 Å². The Morgan fingerprint density at radius 1 is 1.21 bits per heavy atom. The van der Waals surface area contributed by atoms with Crippen LogP contribution in [0.5, 0.6) is 0 Å². The number of benzene rings is 1.